The van der Waals surface area contributed by atoms with Crippen molar-refractivity contribution in [2.75, 3.05) is 0 Å². The molecule has 6 aromatic rings. The quantitative estimate of drug-likeness (QED) is 0.257. The maximum atomic E-state index is 2.42. The number of rotatable bonds is 2. The van der Waals surface area contributed by atoms with Crippen LogP contribution in [0.15, 0.2) is 77.5 Å². The Morgan fingerprint density at radius 3 is 2.09 bits per heavy atom. The number of thiophene rings is 1. The molecule has 2 nitrogen and oxygen atoms in total. The van der Waals surface area contributed by atoms with Crippen molar-refractivity contribution < 1.29 is 0 Å². The summed E-state index contributed by atoms with van der Waals surface area (Å²) in [4.78, 5) is 1.32. The lowest BCUT2D eigenvalue weighted by molar-refractivity contribution is 0.988. The minimum Gasteiger partial charge on any atom is -0.344 e. The summed E-state index contributed by atoms with van der Waals surface area (Å²) in [6.07, 6.45) is 3.41. The average molecular weight is 451 g/mol. The van der Waals surface area contributed by atoms with Crippen LogP contribution in [0.5, 0.6) is 0 Å². The minimum atomic E-state index is 0.548. The van der Waals surface area contributed by atoms with Crippen LogP contribution in [0.3, 0.4) is 0 Å². The van der Waals surface area contributed by atoms with Crippen molar-refractivity contribution in [2.24, 2.45) is 14.1 Å². The zero-order chi connectivity index (χ0) is 21.4. The summed E-state index contributed by atoms with van der Waals surface area (Å²) in [6.45, 7) is 0. The zero-order valence-corrected chi connectivity index (χ0v) is 19.6. The summed E-state index contributed by atoms with van der Waals surface area (Å²) in [7, 11) is 4.39. The average Bonchev–Trinajstić information content (AvgIpc) is 3.62. The summed E-state index contributed by atoms with van der Waals surface area (Å²) in [5.41, 5.74) is 7.91. The highest BCUT2D eigenvalue weighted by Gasteiger charge is 2.18. The summed E-state index contributed by atoms with van der Waals surface area (Å²) >= 11 is 3.73. The van der Waals surface area contributed by atoms with E-state index in [1.54, 1.807) is 11.3 Å². The van der Waals surface area contributed by atoms with Crippen molar-refractivity contribution in [2.45, 2.75) is 11.7 Å². The summed E-state index contributed by atoms with van der Waals surface area (Å²) in [5, 5.41) is 10.3. The van der Waals surface area contributed by atoms with Crippen LogP contribution in [0.2, 0.25) is 0 Å². The van der Waals surface area contributed by atoms with E-state index < -0.39 is 0 Å². The van der Waals surface area contributed by atoms with Crippen LogP contribution in [-0.2, 0) is 14.1 Å². The van der Waals surface area contributed by atoms with E-state index in [0.717, 1.165) is 6.42 Å². The number of nitrogens with zero attached hydrogens (tertiary/aromatic N) is 2. The van der Waals surface area contributed by atoms with Gasteiger partial charge in [0.1, 0.15) is 0 Å². The molecule has 1 aliphatic heterocycles. The summed E-state index contributed by atoms with van der Waals surface area (Å²) in [6, 6.07) is 23.1. The SMILES string of the molecule is Cn1c2ccc(-c3cccs3)cc2c2cc3c(cc21)c1cc(C2CC=CS2)ccc1n3C. The van der Waals surface area contributed by atoms with Gasteiger partial charge in [-0.1, -0.05) is 24.3 Å². The molecule has 0 saturated heterocycles. The second kappa shape index (κ2) is 6.77. The molecule has 0 fully saturated rings. The second-order valence-corrected chi connectivity index (χ2v) is 10.8. The number of allylic oxidation sites excluding steroid dienone is 1. The highest BCUT2D eigenvalue weighted by Crippen LogP contribution is 2.42. The van der Waals surface area contributed by atoms with Crippen LogP contribution in [0.4, 0.5) is 0 Å². The Morgan fingerprint density at radius 1 is 0.750 bits per heavy atom. The van der Waals surface area contributed by atoms with E-state index >= 15 is 0 Å². The predicted octanol–water partition coefficient (Wildman–Crippen LogP) is 8.40. The van der Waals surface area contributed by atoms with Crippen LogP contribution in [0, 0.1) is 0 Å². The molecule has 0 radical (unpaired) electrons. The minimum absolute atomic E-state index is 0.548. The third-order valence-corrected chi connectivity index (χ3v) is 9.09. The lowest BCUT2D eigenvalue weighted by atomic mass is 10.0. The van der Waals surface area contributed by atoms with E-state index in [9.17, 15) is 0 Å². The molecule has 0 bridgehead atoms. The predicted molar refractivity (Wildman–Crippen MR) is 142 cm³/mol. The van der Waals surface area contributed by atoms with Gasteiger partial charge in [0.15, 0.2) is 0 Å². The lowest BCUT2D eigenvalue weighted by Gasteiger charge is -2.09. The lowest BCUT2D eigenvalue weighted by Crippen LogP contribution is -1.90. The molecule has 1 aliphatic rings. The van der Waals surface area contributed by atoms with E-state index in [2.05, 4.69) is 101 Å². The number of aromatic nitrogens is 2. The van der Waals surface area contributed by atoms with Crippen molar-refractivity contribution in [3.63, 3.8) is 0 Å². The smallest absolute Gasteiger partial charge is 0.0496 e. The zero-order valence-electron chi connectivity index (χ0n) is 18.0. The molecule has 0 saturated carbocycles. The molecule has 0 aliphatic carbocycles. The largest absolute Gasteiger partial charge is 0.344 e. The van der Waals surface area contributed by atoms with Crippen LogP contribution in [0.25, 0.3) is 54.1 Å². The molecular formula is C28H22N2S2. The van der Waals surface area contributed by atoms with Gasteiger partial charge in [0.25, 0.3) is 0 Å². The molecule has 32 heavy (non-hydrogen) atoms. The first-order valence-electron chi connectivity index (χ1n) is 11.0. The van der Waals surface area contributed by atoms with Crippen LogP contribution < -0.4 is 0 Å². The van der Waals surface area contributed by atoms with Crippen molar-refractivity contribution in [3.8, 4) is 10.4 Å². The van der Waals surface area contributed by atoms with Gasteiger partial charge in [-0.15, -0.1) is 23.1 Å². The maximum Gasteiger partial charge on any atom is 0.0496 e. The number of aryl methyl sites for hydroxylation is 2. The molecule has 1 unspecified atom stereocenters. The van der Waals surface area contributed by atoms with Crippen LogP contribution in [-0.4, -0.2) is 9.13 Å². The number of fused-ring (bicyclic) bond motifs is 6. The van der Waals surface area contributed by atoms with Crippen LogP contribution in [0.1, 0.15) is 17.2 Å². The Morgan fingerprint density at radius 2 is 1.44 bits per heavy atom. The molecule has 0 N–H and O–H groups in total. The van der Waals surface area contributed by atoms with Crippen LogP contribution >= 0.6 is 23.1 Å². The second-order valence-electron chi connectivity index (χ2n) is 8.72. The number of benzene rings is 3. The van der Waals surface area contributed by atoms with E-state index in [-0.39, 0.29) is 0 Å². The van der Waals surface area contributed by atoms with Gasteiger partial charge >= 0.3 is 0 Å². The molecule has 0 spiro atoms. The highest BCUT2D eigenvalue weighted by atomic mass is 32.2. The first kappa shape index (κ1) is 18.6. The van der Waals surface area contributed by atoms with Crippen molar-refractivity contribution in [3.05, 3.63) is 83.1 Å². The van der Waals surface area contributed by atoms with Gasteiger partial charge in [-0.05, 0) is 70.8 Å². The fourth-order valence-corrected chi connectivity index (χ4v) is 6.99. The van der Waals surface area contributed by atoms with Crippen molar-refractivity contribution in [1.82, 2.24) is 9.13 Å². The Bertz CT molecular complexity index is 1690. The Kier molecular flexibility index (Phi) is 3.94. The van der Waals surface area contributed by atoms with E-state index in [0.29, 0.717) is 5.25 Å². The fourth-order valence-electron chi connectivity index (χ4n) is 5.33. The van der Waals surface area contributed by atoms with E-state index in [4.69, 9.17) is 0 Å². The highest BCUT2D eigenvalue weighted by molar-refractivity contribution is 8.02. The molecular weight excluding hydrogens is 428 g/mol. The number of hydrogen-bond donors (Lipinski definition) is 0. The first-order chi connectivity index (χ1) is 15.7. The number of hydrogen-bond acceptors (Lipinski definition) is 2. The summed E-state index contributed by atoms with van der Waals surface area (Å²) in [5.74, 6) is 0. The Labute approximate surface area is 194 Å². The molecule has 1 atom stereocenters. The van der Waals surface area contributed by atoms with E-state index in [1.807, 2.05) is 11.8 Å². The summed E-state index contributed by atoms with van der Waals surface area (Å²) < 4.78 is 4.71. The standard InChI is InChI=1S/C28H22N2S2/c1-29-23-9-7-17(27-5-3-11-31-27)13-19(23)21-16-26-22(15-25(21)29)20-14-18(28-6-4-12-32-28)8-10-24(20)30(26)2/h3-5,7-16,28H,6H2,1-2H3. The maximum absolute atomic E-state index is 2.42. The molecule has 3 aromatic carbocycles. The van der Waals surface area contributed by atoms with Gasteiger partial charge in [-0.25, -0.2) is 0 Å². The van der Waals surface area contributed by atoms with Gasteiger partial charge in [-0.2, -0.15) is 0 Å². The molecule has 0 amide bonds. The molecule has 156 valence electrons. The molecule has 7 rings (SSSR count). The normalized spacial score (nSPS) is 16.4. The van der Waals surface area contributed by atoms with Crippen molar-refractivity contribution in [1.29, 1.82) is 0 Å². The van der Waals surface area contributed by atoms with Gasteiger partial charge in [-0.3, -0.25) is 0 Å². The molecule has 3 aromatic heterocycles. The van der Waals surface area contributed by atoms with Crippen molar-refractivity contribution >= 4 is 66.7 Å². The topological polar surface area (TPSA) is 9.86 Å². The van der Waals surface area contributed by atoms with Gasteiger partial charge in [0, 0.05) is 67.8 Å². The first-order valence-corrected chi connectivity index (χ1v) is 12.8. The Balaban J connectivity index is 1.52. The number of thioether (sulfide) groups is 1. The third kappa shape index (κ3) is 2.54. The molecule has 4 heteroatoms. The molecule has 4 heterocycles. The monoisotopic (exact) mass is 450 g/mol. The Hall–Kier alpha value is -2.95. The third-order valence-electron chi connectivity index (χ3n) is 7.02. The van der Waals surface area contributed by atoms with Gasteiger partial charge < -0.3 is 9.13 Å². The fraction of sp³-hybridized carbons (Fsp3) is 0.143. The van der Waals surface area contributed by atoms with Gasteiger partial charge in [0.05, 0.1) is 0 Å². The van der Waals surface area contributed by atoms with Gasteiger partial charge in [0.2, 0.25) is 0 Å². The van der Waals surface area contributed by atoms with E-state index in [1.165, 1.54) is 59.6 Å².